The predicted octanol–water partition coefficient (Wildman–Crippen LogP) is 0.680. The molecule has 2 atom stereocenters. The zero-order valence-corrected chi connectivity index (χ0v) is 12.2. The van der Waals surface area contributed by atoms with Crippen molar-refractivity contribution in [3.8, 4) is 0 Å². The molecule has 2 unspecified atom stereocenters. The number of carboxylic acid groups (broad SMARTS) is 1. The number of esters is 1. The summed E-state index contributed by atoms with van der Waals surface area (Å²) in [6, 6.07) is 5.03. The van der Waals surface area contributed by atoms with Gasteiger partial charge in [0.1, 0.15) is 6.10 Å². The van der Waals surface area contributed by atoms with Crippen LogP contribution in [0.25, 0.3) is 0 Å². The summed E-state index contributed by atoms with van der Waals surface area (Å²) in [5, 5.41) is 28.9. The summed E-state index contributed by atoms with van der Waals surface area (Å²) in [6.45, 7) is 2.37. The van der Waals surface area contributed by atoms with E-state index in [1.165, 1.54) is 4.90 Å². The molecule has 0 saturated carbocycles. The van der Waals surface area contributed by atoms with Gasteiger partial charge < -0.3 is 25.0 Å². The highest BCUT2D eigenvalue weighted by molar-refractivity contribution is 5.75. The van der Waals surface area contributed by atoms with Crippen molar-refractivity contribution in [1.82, 2.24) is 4.90 Å². The van der Waals surface area contributed by atoms with Crippen LogP contribution in [0.2, 0.25) is 0 Å². The van der Waals surface area contributed by atoms with E-state index >= 15 is 0 Å². The Bertz CT molecular complexity index is 573. The highest BCUT2D eigenvalue weighted by atomic mass is 16.5. The van der Waals surface area contributed by atoms with E-state index in [1.807, 2.05) is 0 Å². The van der Waals surface area contributed by atoms with E-state index in [-0.39, 0.29) is 13.2 Å². The molecule has 1 aromatic carbocycles. The van der Waals surface area contributed by atoms with Crippen LogP contribution in [0.1, 0.15) is 29.7 Å². The van der Waals surface area contributed by atoms with Gasteiger partial charge in [0.05, 0.1) is 6.61 Å². The maximum atomic E-state index is 11.5. The lowest BCUT2D eigenvalue weighted by atomic mass is 9.94. The predicted molar refractivity (Wildman–Crippen MR) is 76.2 cm³/mol. The van der Waals surface area contributed by atoms with Gasteiger partial charge in [-0.15, -0.1) is 0 Å². The van der Waals surface area contributed by atoms with Gasteiger partial charge in [-0.1, -0.05) is 18.2 Å². The van der Waals surface area contributed by atoms with Gasteiger partial charge >= 0.3 is 12.1 Å². The van der Waals surface area contributed by atoms with Crippen LogP contribution in [0.4, 0.5) is 4.79 Å². The van der Waals surface area contributed by atoms with Crippen molar-refractivity contribution >= 4 is 12.1 Å². The summed E-state index contributed by atoms with van der Waals surface area (Å²) in [5.41, 5.74) is 2.12. The molecule has 0 radical (unpaired) electrons. The van der Waals surface area contributed by atoms with Gasteiger partial charge in [-0.2, -0.15) is 0 Å². The second kappa shape index (κ2) is 6.76. The third kappa shape index (κ3) is 3.37. The fraction of sp³-hybridized carbons (Fsp3) is 0.467. The zero-order chi connectivity index (χ0) is 16.3. The number of carbonyl (C=O) groups excluding carboxylic acids is 1. The number of rotatable bonds is 4. The summed E-state index contributed by atoms with van der Waals surface area (Å²) in [4.78, 5) is 23.8. The quantitative estimate of drug-likeness (QED) is 0.706. The fourth-order valence-electron chi connectivity index (χ4n) is 2.46. The number of ether oxygens (including phenoxy) is 1. The molecule has 0 bridgehead atoms. The van der Waals surface area contributed by atoms with E-state index in [2.05, 4.69) is 4.74 Å². The van der Waals surface area contributed by atoms with E-state index in [9.17, 15) is 19.8 Å². The molecule has 0 aliphatic carbocycles. The van der Waals surface area contributed by atoms with Crippen LogP contribution in [-0.4, -0.2) is 51.5 Å². The topological polar surface area (TPSA) is 107 Å². The summed E-state index contributed by atoms with van der Waals surface area (Å²) in [7, 11) is 0. The molecule has 7 nitrogen and oxygen atoms in total. The van der Waals surface area contributed by atoms with Crippen molar-refractivity contribution in [3.05, 3.63) is 34.9 Å². The number of aliphatic hydroxyl groups is 2. The van der Waals surface area contributed by atoms with Gasteiger partial charge in [0, 0.05) is 13.1 Å². The van der Waals surface area contributed by atoms with Crippen molar-refractivity contribution in [2.75, 3.05) is 13.2 Å². The zero-order valence-electron chi connectivity index (χ0n) is 12.2. The van der Waals surface area contributed by atoms with Gasteiger partial charge in [-0.05, 0) is 30.0 Å². The lowest BCUT2D eigenvalue weighted by molar-refractivity contribution is -0.159. The number of hydrogen-bond acceptors (Lipinski definition) is 5. The Kier molecular flexibility index (Phi) is 4.99. The summed E-state index contributed by atoms with van der Waals surface area (Å²) in [6.07, 6.45) is -3.48. The Morgan fingerprint density at radius 3 is 2.68 bits per heavy atom. The molecule has 22 heavy (non-hydrogen) atoms. The van der Waals surface area contributed by atoms with Crippen LogP contribution >= 0.6 is 0 Å². The van der Waals surface area contributed by atoms with E-state index in [4.69, 9.17) is 5.11 Å². The minimum Gasteiger partial charge on any atom is -0.465 e. The average molecular weight is 309 g/mol. The van der Waals surface area contributed by atoms with E-state index in [0.29, 0.717) is 18.5 Å². The molecule has 1 amide bonds. The molecule has 1 aliphatic rings. The molecule has 0 fully saturated rings. The first kappa shape index (κ1) is 16.3. The Morgan fingerprint density at radius 1 is 1.32 bits per heavy atom. The number of aliphatic hydroxyl groups excluding tert-OH is 2. The van der Waals surface area contributed by atoms with Crippen molar-refractivity contribution in [1.29, 1.82) is 0 Å². The first-order valence-corrected chi connectivity index (χ1v) is 7.06. The number of carbonyl (C=O) groups is 2. The van der Waals surface area contributed by atoms with Crippen LogP contribution in [0.15, 0.2) is 18.2 Å². The maximum absolute atomic E-state index is 11.5. The molecular formula is C15H19NO6. The lowest BCUT2D eigenvalue weighted by Crippen LogP contribution is -2.35. The van der Waals surface area contributed by atoms with Gasteiger partial charge in [0.15, 0.2) is 6.10 Å². The summed E-state index contributed by atoms with van der Waals surface area (Å²) in [5.74, 6) is -0.889. The minimum atomic E-state index is -1.67. The van der Waals surface area contributed by atoms with Gasteiger partial charge in [0.25, 0.3) is 0 Å². The number of nitrogens with zero attached hydrogens (tertiary/aromatic N) is 1. The van der Waals surface area contributed by atoms with Crippen LogP contribution in [0, 0.1) is 0 Å². The van der Waals surface area contributed by atoms with Gasteiger partial charge in [-0.3, -0.25) is 0 Å². The molecular weight excluding hydrogens is 290 g/mol. The Labute approximate surface area is 127 Å². The number of amides is 1. The molecule has 7 heteroatoms. The van der Waals surface area contributed by atoms with Crippen molar-refractivity contribution in [2.45, 2.75) is 32.1 Å². The monoisotopic (exact) mass is 309 g/mol. The van der Waals surface area contributed by atoms with Crippen LogP contribution in [-0.2, 0) is 22.5 Å². The molecule has 2 rings (SSSR count). The molecule has 1 aliphatic heterocycles. The third-order valence-corrected chi connectivity index (χ3v) is 3.68. The Balaban J connectivity index is 2.18. The first-order chi connectivity index (χ1) is 10.4. The Hall–Kier alpha value is -2.12. The number of hydrogen-bond donors (Lipinski definition) is 3. The summed E-state index contributed by atoms with van der Waals surface area (Å²) < 4.78 is 4.67. The maximum Gasteiger partial charge on any atom is 0.407 e. The van der Waals surface area contributed by atoms with E-state index in [1.54, 1.807) is 25.1 Å². The van der Waals surface area contributed by atoms with Crippen molar-refractivity contribution in [2.24, 2.45) is 0 Å². The SMILES string of the molecule is CCOC(=O)C(O)C(O)c1ccc2c(c1)CN(C(=O)O)CC2. The standard InChI is InChI=1S/C15H19NO6/c1-2-22-14(19)13(18)12(17)10-4-3-9-5-6-16(15(20)21)8-11(9)7-10/h3-4,7,12-13,17-18H,2,5-6,8H2,1H3,(H,20,21). The molecule has 0 aromatic heterocycles. The smallest absolute Gasteiger partial charge is 0.407 e. The molecule has 0 spiro atoms. The second-order valence-electron chi connectivity index (χ2n) is 5.12. The van der Waals surface area contributed by atoms with Gasteiger partial charge in [-0.25, -0.2) is 9.59 Å². The molecule has 1 aromatic rings. The average Bonchev–Trinajstić information content (AvgIpc) is 2.52. The van der Waals surface area contributed by atoms with Crippen LogP contribution in [0.5, 0.6) is 0 Å². The fourth-order valence-corrected chi connectivity index (χ4v) is 2.46. The van der Waals surface area contributed by atoms with E-state index < -0.39 is 24.3 Å². The third-order valence-electron chi connectivity index (χ3n) is 3.68. The molecule has 120 valence electrons. The van der Waals surface area contributed by atoms with Gasteiger partial charge in [0.2, 0.25) is 0 Å². The number of benzene rings is 1. The normalized spacial score (nSPS) is 16.6. The second-order valence-corrected chi connectivity index (χ2v) is 5.12. The molecule has 3 N–H and O–H groups in total. The highest BCUT2D eigenvalue weighted by Gasteiger charge is 2.28. The first-order valence-electron chi connectivity index (χ1n) is 7.06. The minimum absolute atomic E-state index is 0.111. The van der Waals surface area contributed by atoms with Crippen molar-refractivity contribution < 1.29 is 29.6 Å². The Morgan fingerprint density at radius 2 is 2.05 bits per heavy atom. The highest BCUT2D eigenvalue weighted by Crippen LogP contribution is 2.25. The summed E-state index contributed by atoms with van der Waals surface area (Å²) >= 11 is 0. The largest absolute Gasteiger partial charge is 0.465 e. The lowest BCUT2D eigenvalue weighted by Gasteiger charge is -2.27. The van der Waals surface area contributed by atoms with Crippen LogP contribution in [0.3, 0.4) is 0 Å². The van der Waals surface area contributed by atoms with Crippen molar-refractivity contribution in [3.63, 3.8) is 0 Å². The molecule has 0 saturated heterocycles. The number of fused-ring (bicyclic) bond motifs is 1. The van der Waals surface area contributed by atoms with E-state index in [0.717, 1.165) is 11.1 Å². The van der Waals surface area contributed by atoms with Crippen LogP contribution < -0.4 is 0 Å². The molecule has 1 heterocycles.